The maximum absolute atomic E-state index is 11.5. The lowest BCUT2D eigenvalue weighted by Crippen LogP contribution is -1.95. The summed E-state index contributed by atoms with van der Waals surface area (Å²) in [6.45, 7) is 0. The standard InChI is InChI=1S/C19H14N2O3S/c1-23-14-7-9-21-16(11-14)20-18(13-5-3-2-4-6-13)19(21)25-15-8-10-24-17(22)12-15/h2-12H,1H3. The molecule has 0 bridgehead atoms. The van der Waals surface area contributed by atoms with Crippen LogP contribution in [0.15, 0.2) is 86.2 Å². The largest absolute Gasteiger partial charge is 0.497 e. The number of fused-ring (bicyclic) bond motifs is 1. The van der Waals surface area contributed by atoms with Crippen LogP contribution >= 0.6 is 11.8 Å². The Morgan fingerprint density at radius 1 is 1.12 bits per heavy atom. The molecular weight excluding hydrogens is 336 g/mol. The Labute approximate surface area is 147 Å². The number of imidazole rings is 1. The molecule has 0 aliphatic carbocycles. The van der Waals surface area contributed by atoms with Gasteiger partial charge in [0.05, 0.1) is 13.4 Å². The molecule has 3 aromatic heterocycles. The van der Waals surface area contributed by atoms with E-state index < -0.39 is 0 Å². The third-order valence-electron chi connectivity index (χ3n) is 3.73. The van der Waals surface area contributed by atoms with Gasteiger partial charge in [-0.15, -0.1) is 0 Å². The van der Waals surface area contributed by atoms with Crippen LogP contribution in [0.2, 0.25) is 0 Å². The Morgan fingerprint density at radius 2 is 1.96 bits per heavy atom. The Hall–Kier alpha value is -2.99. The highest BCUT2D eigenvalue weighted by atomic mass is 32.2. The van der Waals surface area contributed by atoms with Gasteiger partial charge in [-0.1, -0.05) is 42.1 Å². The molecule has 124 valence electrons. The molecule has 0 atom stereocenters. The smallest absolute Gasteiger partial charge is 0.336 e. The summed E-state index contributed by atoms with van der Waals surface area (Å²) in [5, 5.41) is 0.925. The molecule has 5 nitrogen and oxygen atoms in total. The van der Waals surface area contributed by atoms with Crippen LogP contribution in [0.1, 0.15) is 0 Å². The van der Waals surface area contributed by atoms with E-state index in [0.717, 1.165) is 32.6 Å². The Bertz CT molecular complexity index is 1090. The first-order valence-electron chi connectivity index (χ1n) is 7.63. The zero-order chi connectivity index (χ0) is 17.2. The van der Waals surface area contributed by atoms with E-state index in [-0.39, 0.29) is 5.63 Å². The van der Waals surface area contributed by atoms with E-state index in [9.17, 15) is 4.79 Å². The van der Waals surface area contributed by atoms with Crippen molar-refractivity contribution in [1.82, 2.24) is 9.38 Å². The molecule has 3 heterocycles. The van der Waals surface area contributed by atoms with E-state index in [1.807, 2.05) is 53.1 Å². The van der Waals surface area contributed by atoms with E-state index in [0.29, 0.717) is 0 Å². The topological polar surface area (TPSA) is 56.7 Å². The minimum Gasteiger partial charge on any atom is -0.497 e. The Kier molecular flexibility index (Phi) is 4.03. The first-order valence-corrected chi connectivity index (χ1v) is 8.44. The number of methoxy groups -OCH3 is 1. The predicted octanol–water partition coefficient (Wildman–Crippen LogP) is 4.11. The lowest BCUT2D eigenvalue weighted by molar-refractivity contribution is 0.414. The second-order valence-electron chi connectivity index (χ2n) is 5.31. The van der Waals surface area contributed by atoms with Crippen LogP contribution in [-0.4, -0.2) is 16.5 Å². The monoisotopic (exact) mass is 350 g/mol. The van der Waals surface area contributed by atoms with Gasteiger partial charge in [-0.3, -0.25) is 4.40 Å². The molecule has 0 aliphatic heterocycles. The molecule has 4 aromatic rings. The van der Waals surface area contributed by atoms with Crippen molar-refractivity contribution < 1.29 is 9.15 Å². The number of benzene rings is 1. The zero-order valence-corrected chi connectivity index (χ0v) is 14.2. The Balaban J connectivity index is 1.91. The van der Waals surface area contributed by atoms with Crippen molar-refractivity contribution in [3.63, 3.8) is 0 Å². The van der Waals surface area contributed by atoms with Crippen molar-refractivity contribution in [3.05, 3.63) is 77.5 Å². The number of ether oxygens (including phenoxy) is 1. The molecular formula is C19H14N2O3S. The summed E-state index contributed by atoms with van der Waals surface area (Å²) in [5.41, 5.74) is 2.27. The molecule has 4 rings (SSSR count). The van der Waals surface area contributed by atoms with Gasteiger partial charge in [0.25, 0.3) is 0 Å². The number of hydrogen-bond acceptors (Lipinski definition) is 5. The van der Waals surface area contributed by atoms with Crippen molar-refractivity contribution in [2.24, 2.45) is 0 Å². The lowest BCUT2D eigenvalue weighted by Gasteiger charge is -2.05. The summed E-state index contributed by atoms with van der Waals surface area (Å²) in [5.74, 6) is 0.744. The molecule has 1 aromatic carbocycles. The molecule has 0 spiro atoms. The Morgan fingerprint density at radius 3 is 2.72 bits per heavy atom. The van der Waals surface area contributed by atoms with Crippen molar-refractivity contribution in [2.45, 2.75) is 9.92 Å². The normalized spacial score (nSPS) is 10.9. The van der Waals surface area contributed by atoms with Gasteiger partial charge in [0, 0.05) is 28.8 Å². The second-order valence-corrected chi connectivity index (χ2v) is 6.38. The minimum absolute atomic E-state index is 0.373. The quantitative estimate of drug-likeness (QED) is 0.554. The molecule has 0 fully saturated rings. The van der Waals surface area contributed by atoms with E-state index in [1.165, 1.54) is 24.1 Å². The molecule has 0 N–H and O–H groups in total. The molecule has 0 amide bonds. The van der Waals surface area contributed by atoms with E-state index in [1.54, 1.807) is 13.2 Å². The number of nitrogens with zero attached hydrogens (tertiary/aromatic N) is 2. The van der Waals surface area contributed by atoms with Crippen molar-refractivity contribution >= 4 is 17.4 Å². The summed E-state index contributed by atoms with van der Waals surface area (Å²) in [4.78, 5) is 17.1. The maximum Gasteiger partial charge on any atom is 0.336 e. The lowest BCUT2D eigenvalue weighted by atomic mass is 10.2. The minimum atomic E-state index is -0.373. The second kappa shape index (κ2) is 6.49. The van der Waals surface area contributed by atoms with Gasteiger partial charge in [-0.25, -0.2) is 9.78 Å². The van der Waals surface area contributed by atoms with Gasteiger partial charge in [-0.2, -0.15) is 0 Å². The highest BCUT2D eigenvalue weighted by molar-refractivity contribution is 7.99. The predicted molar refractivity (Wildman–Crippen MR) is 96.3 cm³/mol. The van der Waals surface area contributed by atoms with Crippen LogP contribution < -0.4 is 10.4 Å². The molecule has 0 aliphatic rings. The van der Waals surface area contributed by atoms with Crippen molar-refractivity contribution in [2.75, 3.05) is 7.11 Å². The first-order chi connectivity index (χ1) is 12.2. The highest BCUT2D eigenvalue weighted by Crippen LogP contribution is 2.36. The SMILES string of the molecule is COc1ccn2c(Sc3ccoc(=O)c3)c(-c3ccccc3)nc2c1. The highest BCUT2D eigenvalue weighted by Gasteiger charge is 2.16. The third kappa shape index (κ3) is 3.04. The fourth-order valence-corrected chi connectivity index (χ4v) is 3.57. The fraction of sp³-hybridized carbons (Fsp3) is 0.0526. The molecule has 6 heteroatoms. The molecule has 25 heavy (non-hydrogen) atoms. The van der Waals surface area contributed by atoms with Gasteiger partial charge in [0.2, 0.25) is 0 Å². The molecule has 0 saturated carbocycles. The van der Waals surface area contributed by atoms with Crippen LogP contribution in [0.3, 0.4) is 0 Å². The van der Waals surface area contributed by atoms with Crippen molar-refractivity contribution in [3.8, 4) is 17.0 Å². The summed E-state index contributed by atoms with van der Waals surface area (Å²) >= 11 is 1.47. The number of aromatic nitrogens is 2. The van der Waals surface area contributed by atoms with Gasteiger partial charge in [0.15, 0.2) is 0 Å². The van der Waals surface area contributed by atoms with Crippen LogP contribution in [0.25, 0.3) is 16.9 Å². The number of pyridine rings is 1. The summed E-state index contributed by atoms with van der Waals surface area (Å²) < 4.78 is 12.1. The number of rotatable bonds is 4. The molecule has 0 saturated heterocycles. The van der Waals surface area contributed by atoms with Crippen LogP contribution in [0.5, 0.6) is 5.75 Å². The average molecular weight is 350 g/mol. The van der Waals surface area contributed by atoms with Gasteiger partial charge in [0.1, 0.15) is 22.1 Å². The van der Waals surface area contributed by atoms with Gasteiger partial charge in [-0.05, 0) is 12.1 Å². The van der Waals surface area contributed by atoms with Gasteiger partial charge >= 0.3 is 5.63 Å². The average Bonchev–Trinajstić information content (AvgIpc) is 3.00. The van der Waals surface area contributed by atoms with Crippen LogP contribution in [-0.2, 0) is 0 Å². The fourth-order valence-electron chi connectivity index (χ4n) is 2.55. The third-order valence-corrected chi connectivity index (χ3v) is 4.80. The molecule has 0 unspecified atom stereocenters. The van der Waals surface area contributed by atoms with E-state index in [2.05, 4.69) is 0 Å². The maximum atomic E-state index is 11.5. The first kappa shape index (κ1) is 15.5. The van der Waals surface area contributed by atoms with Crippen LogP contribution in [0, 0.1) is 0 Å². The number of hydrogen-bond donors (Lipinski definition) is 0. The summed E-state index contributed by atoms with van der Waals surface area (Å²) in [7, 11) is 1.63. The van der Waals surface area contributed by atoms with Crippen LogP contribution in [0.4, 0.5) is 0 Å². The van der Waals surface area contributed by atoms with Crippen molar-refractivity contribution in [1.29, 1.82) is 0 Å². The van der Waals surface area contributed by atoms with E-state index in [4.69, 9.17) is 14.1 Å². The van der Waals surface area contributed by atoms with Gasteiger partial charge < -0.3 is 9.15 Å². The summed E-state index contributed by atoms with van der Waals surface area (Å²) in [6, 6.07) is 17.0. The molecule has 0 radical (unpaired) electrons. The zero-order valence-electron chi connectivity index (χ0n) is 13.4. The summed E-state index contributed by atoms with van der Waals surface area (Å²) in [6.07, 6.45) is 3.32. The van der Waals surface area contributed by atoms with E-state index >= 15 is 0 Å².